The van der Waals surface area contributed by atoms with Gasteiger partial charge in [-0.05, 0) is 18.1 Å². The molecule has 2 aromatic rings. The summed E-state index contributed by atoms with van der Waals surface area (Å²) in [5, 5.41) is 9.82. The number of halogens is 7. The highest BCUT2D eigenvalue weighted by atomic mass is 35.5. The van der Waals surface area contributed by atoms with Crippen molar-refractivity contribution < 1.29 is 41.4 Å². The Morgan fingerprint density at radius 2 is 1.63 bits per heavy atom. The smallest absolute Gasteiger partial charge is 0.258 e. The average Bonchev–Trinajstić information content (AvgIpc) is 2.99. The molecule has 35 heavy (non-hydrogen) atoms. The summed E-state index contributed by atoms with van der Waals surface area (Å²) in [5.41, 5.74) is -1.39. The molecule has 1 aliphatic heterocycles. The van der Waals surface area contributed by atoms with E-state index in [0.717, 1.165) is 0 Å². The number of fused-ring (bicyclic) bond motifs is 1. The van der Waals surface area contributed by atoms with Crippen molar-refractivity contribution in [2.24, 2.45) is 0 Å². The minimum atomic E-state index is -2.52. The lowest BCUT2D eigenvalue weighted by Crippen LogP contribution is -2.55. The topological polar surface area (TPSA) is 66.8 Å². The first kappa shape index (κ1) is 25.0. The Morgan fingerprint density at radius 1 is 1.06 bits per heavy atom. The molecule has 0 radical (unpaired) electrons. The van der Waals surface area contributed by atoms with Gasteiger partial charge in [0.2, 0.25) is 5.82 Å². The van der Waals surface area contributed by atoms with E-state index in [1.807, 2.05) is 0 Å². The third-order valence-corrected chi connectivity index (χ3v) is 7.57. The van der Waals surface area contributed by atoms with Gasteiger partial charge in [-0.3, -0.25) is 9.59 Å². The molecule has 0 unspecified atom stereocenters. The van der Waals surface area contributed by atoms with Crippen molar-refractivity contribution in [3.8, 4) is 11.5 Å². The van der Waals surface area contributed by atoms with E-state index >= 15 is 0 Å². The van der Waals surface area contributed by atoms with Crippen LogP contribution in [-0.2, 0) is 9.59 Å². The summed E-state index contributed by atoms with van der Waals surface area (Å²) in [7, 11) is 1.25. The highest BCUT2D eigenvalue weighted by molar-refractivity contribution is 6.58. The number of hydrogen-bond acceptors (Lipinski definition) is 4. The molecule has 0 aromatic heterocycles. The summed E-state index contributed by atoms with van der Waals surface area (Å²) in [6, 6.07) is 3.73. The second-order valence-corrected chi connectivity index (χ2v) is 9.09. The highest BCUT2D eigenvalue weighted by Crippen LogP contribution is 2.61. The van der Waals surface area contributed by atoms with Gasteiger partial charge >= 0.3 is 0 Å². The molecule has 1 heterocycles. The second-order valence-electron chi connectivity index (χ2n) is 7.85. The normalized spacial score (nSPS) is 26.0. The zero-order chi connectivity index (χ0) is 26.0. The van der Waals surface area contributed by atoms with Crippen LogP contribution in [0, 0.1) is 29.1 Å². The maximum atomic E-state index is 14.6. The first-order valence-electron chi connectivity index (χ1n) is 9.84. The van der Waals surface area contributed by atoms with Crippen molar-refractivity contribution in [3.63, 3.8) is 0 Å². The molecule has 1 fully saturated rings. The largest absolute Gasteiger partial charge is 0.508 e. The number of phenols is 1. The van der Waals surface area contributed by atoms with Crippen LogP contribution in [0.25, 0.3) is 0 Å². The molecule has 0 spiro atoms. The molecule has 2 amide bonds. The van der Waals surface area contributed by atoms with Crippen molar-refractivity contribution in [1.29, 1.82) is 0 Å². The van der Waals surface area contributed by atoms with Gasteiger partial charge in [0.05, 0.1) is 7.11 Å². The van der Waals surface area contributed by atoms with E-state index < -0.39 is 68.7 Å². The molecule has 5 nitrogen and oxygen atoms in total. The number of anilines is 1. The fraction of sp³-hybridized carbons (Fsp3) is 0.217. The summed E-state index contributed by atoms with van der Waals surface area (Å²) in [6.45, 7) is 3.65. The zero-order valence-corrected chi connectivity index (χ0v) is 19.2. The summed E-state index contributed by atoms with van der Waals surface area (Å²) < 4.78 is 76.0. The van der Waals surface area contributed by atoms with Gasteiger partial charge in [-0.2, -0.15) is 0 Å². The molecule has 2 aromatic carbocycles. The van der Waals surface area contributed by atoms with Crippen LogP contribution in [0.3, 0.4) is 0 Å². The Kier molecular flexibility index (Phi) is 5.88. The standard InChI is InChI=1S/C23H14Cl2F5NO4/c1-3-9-6-7-22(24)20(33)31(19-17(29)15(27)14(26)16(28)18(19)30)21(34)23(22,25)13(9)11-5-4-10(32)8-12(11)35-2/h3-6,8,13,32H,1,7H2,2H3/t13-,22-,23+/m1/s1. The Bertz CT molecular complexity index is 1320. The molecule has 1 saturated heterocycles. The van der Waals surface area contributed by atoms with Crippen molar-refractivity contribution in [1.82, 2.24) is 0 Å². The van der Waals surface area contributed by atoms with E-state index in [1.165, 1.54) is 37.5 Å². The van der Waals surface area contributed by atoms with Crippen LogP contribution in [0.15, 0.2) is 42.5 Å². The molecule has 3 atom stereocenters. The SMILES string of the molecule is C=CC1=CC[C@@]2(Cl)C(=O)N(c3c(F)c(F)c(F)c(F)c3F)C(=O)[C@@]2(Cl)[C@H]1c1ccc(O)cc1OC. The molecular weight excluding hydrogens is 520 g/mol. The number of hydrogen-bond donors (Lipinski definition) is 1. The van der Waals surface area contributed by atoms with Crippen molar-refractivity contribution in [3.05, 3.63) is 77.2 Å². The van der Waals surface area contributed by atoms with Gasteiger partial charge in [0.1, 0.15) is 17.2 Å². The predicted octanol–water partition coefficient (Wildman–Crippen LogP) is 5.22. The molecule has 1 N–H and O–H groups in total. The zero-order valence-electron chi connectivity index (χ0n) is 17.6. The Morgan fingerprint density at radius 3 is 2.17 bits per heavy atom. The highest BCUT2D eigenvalue weighted by Gasteiger charge is 2.74. The van der Waals surface area contributed by atoms with Crippen molar-refractivity contribution >= 4 is 40.7 Å². The van der Waals surface area contributed by atoms with Gasteiger partial charge in [-0.1, -0.05) is 24.8 Å². The van der Waals surface area contributed by atoms with Crippen LogP contribution in [0.1, 0.15) is 17.9 Å². The number of allylic oxidation sites excluding steroid dienone is 3. The molecule has 0 bridgehead atoms. The van der Waals surface area contributed by atoms with Crippen LogP contribution in [-0.4, -0.2) is 33.8 Å². The summed E-state index contributed by atoms with van der Waals surface area (Å²) >= 11 is 13.4. The molecule has 184 valence electrons. The first-order chi connectivity index (χ1) is 16.4. The maximum Gasteiger partial charge on any atom is 0.258 e. The van der Waals surface area contributed by atoms with Gasteiger partial charge < -0.3 is 9.84 Å². The first-order valence-corrected chi connectivity index (χ1v) is 10.6. The van der Waals surface area contributed by atoms with E-state index in [2.05, 4.69) is 6.58 Å². The predicted molar refractivity (Wildman–Crippen MR) is 116 cm³/mol. The van der Waals surface area contributed by atoms with Crippen molar-refractivity contribution in [2.75, 3.05) is 12.0 Å². The van der Waals surface area contributed by atoms with Crippen molar-refractivity contribution in [2.45, 2.75) is 22.1 Å². The van der Waals surface area contributed by atoms with Gasteiger partial charge in [-0.15, -0.1) is 23.2 Å². The third kappa shape index (κ3) is 3.12. The number of amides is 2. The Hall–Kier alpha value is -3.11. The monoisotopic (exact) mass is 533 g/mol. The number of alkyl halides is 2. The van der Waals surface area contributed by atoms with Gasteiger partial charge in [0.25, 0.3) is 11.8 Å². The van der Waals surface area contributed by atoms with E-state index in [-0.39, 0.29) is 27.5 Å². The van der Waals surface area contributed by atoms with E-state index in [9.17, 15) is 36.6 Å². The number of methoxy groups -OCH3 is 1. The minimum Gasteiger partial charge on any atom is -0.508 e. The number of aromatic hydroxyl groups is 1. The van der Waals surface area contributed by atoms with E-state index in [4.69, 9.17) is 27.9 Å². The lowest BCUT2D eigenvalue weighted by atomic mass is 9.68. The van der Waals surface area contributed by atoms with Crippen LogP contribution in [0.2, 0.25) is 0 Å². The van der Waals surface area contributed by atoms with Gasteiger partial charge in [-0.25, -0.2) is 26.9 Å². The molecule has 0 saturated carbocycles. The summed E-state index contributed by atoms with van der Waals surface area (Å²) in [6.07, 6.45) is 2.27. The number of benzene rings is 2. The Balaban J connectivity index is 2.02. The van der Waals surface area contributed by atoms with Gasteiger partial charge in [0, 0.05) is 17.5 Å². The summed E-state index contributed by atoms with van der Waals surface area (Å²) in [4.78, 5) is 21.9. The quantitative estimate of drug-likeness (QED) is 0.192. The third-order valence-electron chi connectivity index (χ3n) is 6.16. The molecule has 12 heteroatoms. The number of carbonyl (C=O) groups is 2. The minimum absolute atomic E-state index is 0.0126. The molecular formula is C23H14Cl2F5NO4. The van der Waals surface area contributed by atoms with Crippen LogP contribution in [0.4, 0.5) is 27.6 Å². The van der Waals surface area contributed by atoms with Crippen LogP contribution >= 0.6 is 23.2 Å². The fourth-order valence-electron chi connectivity index (χ4n) is 4.48. The molecule has 1 aliphatic carbocycles. The summed E-state index contributed by atoms with van der Waals surface area (Å²) in [5.74, 6) is -16.5. The number of ether oxygens (including phenoxy) is 1. The van der Waals surface area contributed by atoms with Crippen LogP contribution < -0.4 is 9.64 Å². The number of rotatable bonds is 4. The second kappa shape index (κ2) is 8.23. The van der Waals surface area contributed by atoms with Crippen LogP contribution in [0.5, 0.6) is 11.5 Å². The number of imide groups is 1. The Labute approximate surface area is 205 Å². The fourth-order valence-corrected chi connectivity index (χ4v) is 5.32. The number of carbonyl (C=O) groups excluding carboxylic acids is 2. The molecule has 4 rings (SSSR count). The van der Waals surface area contributed by atoms with Gasteiger partial charge in [0.15, 0.2) is 33.0 Å². The lowest BCUT2D eigenvalue weighted by molar-refractivity contribution is -0.122. The van der Waals surface area contributed by atoms with E-state index in [0.29, 0.717) is 0 Å². The average molecular weight is 534 g/mol. The number of nitrogens with zero attached hydrogens (tertiary/aromatic N) is 1. The number of phenolic OH excluding ortho intramolecular Hbond substituents is 1. The van der Waals surface area contributed by atoms with E-state index in [1.54, 1.807) is 0 Å². The molecule has 2 aliphatic rings. The lowest BCUT2D eigenvalue weighted by Gasteiger charge is -2.42. The maximum absolute atomic E-state index is 14.6.